The molecule has 0 saturated heterocycles. The number of nitrogens with one attached hydrogen (secondary N) is 2. The number of aromatic nitrogens is 5. The van der Waals surface area contributed by atoms with E-state index >= 15 is 0 Å². The van der Waals surface area contributed by atoms with Crippen molar-refractivity contribution in [2.45, 2.75) is 68.6 Å². The second-order valence-corrected chi connectivity index (χ2v) is 7.97. The first kappa shape index (κ1) is 22.4. The van der Waals surface area contributed by atoms with E-state index in [1.807, 2.05) is 0 Å². The second-order valence-electron chi connectivity index (χ2n) is 7.97. The number of hydrogen-bond acceptors (Lipinski definition) is 7. The van der Waals surface area contributed by atoms with E-state index in [-0.39, 0.29) is 49.1 Å². The fourth-order valence-corrected chi connectivity index (χ4v) is 3.74. The van der Waals surface area contributed by atoms with Gasteiger partial charge in [0.2, 0.25) is 23.7 Å². The number of anilines is 2. The highest BCUT2D eigenvalue weighted by Crippen LogP contribution is 2.37. The summed E-state index contributed by atoms with van der Waals surface area (Å²) >= 11 is 0. The average Bonchev–Trinajstić information content (AvgIpc) is 3.21. The van der Waals surface area contributed by atoms with E-state index in [0.29, 0.717) is 6.20 Å². The van der Waals surface area contributed by atoms with Crippen molar-refractivity contribution in [3.8, 4) is 11.5 Å². The van der Waals surface area contributed by atoms with Crippen molar-refractivity contribution in [1.29, 1.82) is 0 Å². The van der Waals surface area contributed by atoms with Crippen molar-refractivity contribution in [2.24, 2.45) is 0 Å². The first-order chi connectivity index (χ1) is 14.9. The molecule has 0 aromatic carbocycles. The smallest absolute Gasteiger partial charge is 0.351 e. The zero-order valence-corrected chi connectivity index (χ0v) is 16.4. The monoisotopic (exact) mass is 465 g/mol. The third kappa shape index (κ3) is 5.33. The summed E-state index contributed by atoms with van der Waals surface area (Å²) in [6, 6.07) is -1.34. The first-order valence-corrected chi connectivity index (χ1v) is 9.83. The lowest BCUT2D eigenvalue weighted by molar-refractivity contribution is -0.141. The van der Waals surface area contributed by atoms with Gasteiger partial charge in [0.25, 0.3) is 0 Å². The molecule has 32 heavy (non-hydrogen) atoms. The number of rotatable bonds is 5. The third-order valence-electron chi connectivity index (χ3n) is 5.26. The van der Waals surface area contributed by atoms with E-state index in [9.17, 15) is 30.7 Å². The van der Waals surface area contributed by atoms with Crippen LogP contribution in [0, 0.1) is 0 Å². The van der Waals surface area contributed by atoms with Gasteiger partial charge in [-0.1, -0.05) is 0 Å². The maximum atomic E-state index is 13.5. The van der Waals surface area contributed by atoms with E-state index < -0.39 is 48.6 Å². The molecule has 0 bridgehead atoms. The Balaban J connectivity index is 1.64. The van der Waals surface area contributed by atoms with Gasteiger partial charge in [-0.05, 0) is 12.8 Å². The lowest BCUT2D eigenvalue weighted by Gasteiger charge is -2.17. The molecule has 2 aromatic heterocycles. The van der Waals surface area contributed by atoms with E-state index in [1.54, 1.807) is 0 Å². The summed E-state index contributed by atoms with van der Waals surface area (Å²) in [5.41, 5.74) is -1.60. The molecule has 0 amide bonds. The normalized spacial score (nSPS) is 24.5. The molecule has 0 unspecified atom stereocenters. The highest BCUT2D eigenvalue weighted by Gasteiger charge is 2.41. The van der Waals surface area contributed by atoms with Crippen LogP contribution in [0.5, 0.6) is 0 Å². The summed E-state index contributed by atoms with van der Waals surface area (Å²) in [4.78, 5) is 19.0. The molecule has 2 atom stereocenters. The van der Waals surface area contributed by atoms with Gasteiger partial charge in [0.05, 0.1) is 12.4 Å². The zero-order chi connectivity index (χ0) is 23.1. The molecular weight excluding hydrogens is 447 g/mol. The summed E-state index contributed by atoms with van der Waals surface area (Å²) in [5.74, 6) is -6.36. The Kier molecular flexibility index (Phi) is 5.57. The molecular formula is C18H18F7N7. The molecule has 2 aliphatic carbocycles. The van der Waals surface area contributed by atoms with Crippen LogP contribution >= 0.6 is 0 Å². The fourth-order valence-electron chi connectivity index (χ4n) is 3.74. The maximum Gasteiger partial charge on any atom is 0.434 e. The largest absolute Gasteiger partial charge is 0.434 e. The Labute approximate surface area is 177 Å². The van der Waals surface area contributed by atoms with Crippen LogP contribution in [0.15, 0.2) is 12.4 Å². The Bertz CT molecular complexity index is 936. The first-order valence-electron chi connectivity index (χ1n) is 9.83. The molecule has 0 spiro atoms. The Morgan fingerprint density at radius 3 is 1.75 bits per heavy atom. The van der Waals surface area contributed by atoms with Crippen molar-refractivity contribution in [2.75, 3.05) is 10.6 Å². The summed E-state index contributed by atoms with van der Waals surface area (Å²) < 4.78 is 93.1. The molecule has 2 N–H and O–H groups in total. The van der Waals surface area contributed by atoms with Crippen LogP contribution < -0.4 is 10.6 Å². The number of nitrogens with zero attached hydrogens (tertiary/aromatic N) is 5. The van der Waals surface area contributed by atoms with Gasteiger partial charge in [0, 0.05) is 37.8 Å². The SMILES string of the molecule is FC1(F)CC[C@H](Nc2nc(N[C@H]3CCC(F)(F)C3)nc(-c3cncc(C(F)(F)F)n3)n2)C1. The van der Waals surface area contributed by atoms with Gasteiger partial charge in [-0.15, -0.1) is 0 Å². The molecule has 0 radical (unpaired) electrons. The molecule has 7 nitrogen and oxygen atoms in total. The minimum absolute atomic E-state index is 0.134. The molecule has 2 aromatic rings. The molecule has 14 heteroatoms. The molecule has 2 saturated carbocycles. The van der Waals surface area contributed by atoms with Crippen molar-refractivity contribution in [3.05, 3.63) is 18.1 Å². The Hall–Kier alpha value is -2.80. The molecule has 2 heterocycles. The molecule has 0 aliphatic heterocycles. The average molecular weight is 465 g/mol. The van der Waals surface area contributed by atoms with Crippen LogP contribution in [0.4, 0.5) is 42.6 Å². The summed E-state index contributed by atoms with van der Waals surface area (Å²) in [6.45, 7) is 0. The van der Waals surface area contributed by atoms with E-state index in [4.69, 9.17) is 0 Å². The van der Waals surface area contributed by atoms with Gasteiger partial charge in [0.15, 0.2) is 11.5 Å². The van der Waals surface area contributed by atoms with E-state index in [1.165, 1.54) is 0 Å². The summed E-state index contributed by atoms with van der Waals surface area (Å²) in [5, 5.41) is 5.46. The van der Waals surface area contributed by atoms with Gasteiger partial charge in [-0.2, -0.15) is 28.1 Å². The van der Waals surface area contributed by atoms with Crippen molar-refractivity contribution in [3.63, 3.8) is 0 Å². The summed E-state index contributed by atoms with van der Waals surface area (Å²) in [7, 11) is 0. The minimum atomic E-state index is -4.76. The Morgan fingerprint density at radius 2 is 1.31 bits per heavy atom. The van der Waals surface area contributed by atoms with Crippen LogP contribution in [0.3, 0.4) is 0 Å². The highest BCUT2D eigenvalue weighted by atomic mass is 19.4. The molecule has 4 rings (SSSR count). The van der Waals surface area contributed by atoms with Crippen LogP contribution in [0.1, 0.15) is 44.2 Å². The van der Waals surface area contributed by atoms with Gasteiger partial charge in [-0.3, -0.25) is 4.98 Å². The quantitative estimate of drug-likeness (QED) is 0.627. The van der Waals surface area contributed by atoms with Gasteiger partial charge in [-0.25, -0.2) is 22.5 Å². The van der Waals surface area contributed by atoms with Gasteiger partial charge >= 0.3 is 6.18 Å². The third-order valence-corrected chi connectivity index (χ3v) is 5.26. The predicted octanol–water partition coefficient (Wildman–Crippen LogP) is 4.55. The summed E-state index contributed by atoms with van der Waals surface area (Å²) in [6.07, 6.45) is -4.54. The van der Waals surface area contributed by atoms with Crippen molar-refractivity contribution in [1.82, 2.24) is 24.9 Å². The predicted molar refractivity (Wildman–Crippen MR) is 98.3 cm³/mol. The molecule has 174 valence electrons. The fraction of sp³-hybridized carbons (Fsp3) is 0.611. The van der Waals surface area contributed by atoms with E-state index in [0.717, 1.165) is 6.20 Å². The number of halogens is 7. The number of hydrogen-bond donors (Lipinski definition) is 2. The maximum absolute atomic E-state index is 13.5. The Morgan fingerprint density at radius 1 is 0.781 bits per heavy atom. The topological polar surface area (TPSA) is 88.5 Å². The molecule has 2 fully saturated rings. The highest BCUT2D eigenvalue weighted by molar-refractivity contribution is 5.53. The second kappa shape index (κ2) is 7.96. The van der Waals surface area contributed by atoms with Crippen LogP contribution in [0.25, 0.3) is 11.5 Å². The van der Waals surface area contributed by atoms with E-state index in [2.05, 4.69) is 35.6 Å². The van der Waals surface area contributed by atoms with Crippen molar-refractivity contribution < 1.29 is 30.7 Å². The zero-order valence-electron chi connectivity index (χ0n) is 16.4. The number of alkyl halides is 7. The minimum Gasteiger partial charge on any atom is -0.351 e. The van der Waals surface area contributed by atoms with Gasteiger partial charge in [0.1, 0.15) is 5.69 Å². The van der Waals surface area contributed by atoms with Crippen LogP contribution in [0.2, 0.25) is 0 Å². The molecule has 2 aliphatic rings. The lowest BCUT2D eigenvalue weighted by atomic mass is 10.2. The van der Waals surface area contributed by atoms with Crippen LogP contribution in [-0.2, 0) is 6.18 Å². The lowest BCUT2D eigenvalue weighted by Crippen LogP contribution is -2.23. The van der Waals surface area contributed by atoms with Crippen LogP contribution in [-0.4, -0.2) is 48.8 Å². The van der Waals surface area contributed by atoms with Crippen molar-refractivity contribution >= 4 is 11.9 Å². The standard InChI is InChI=1S/C18H18F7N7/c19-16(20)3-1-9(5-16)27-14-30-13(11-7-26-8-12(29-11)18(23,24)25)31-15(32-14)28-10-2-4-17(21,22)6-10/h7-10H,1-6H2,(H2,27,28,30,31,32)/t9-,10-/m0/s1. The van der Waals surface area contributed by atoms with Gasteiger partial charge < -0.3 is 10.6 Å².